The molecule has 1 amide bonds. The van der Waals surface area contributed by atoms with Crippen molar-refractivity contribution in [1.82, 2.24) is 5.32 Å². The van der Waals surface area contributed by atoms with Crippen LogP contribution in [0.4, 0.5) is 13.2 Å². The molecule has 2 nitrogen and oxygen atoms in total. The SMILES string of the molecule is C[C@H](NC(=O)Cc1cccc(C(F)(F)F)c1)c1ccccc1. The number of amides is 1. The van der Waals surface area contributed by atoms with Crippen LogP contribution in [0.1, 0.15) is 29.7 Å². The van der Waals surface area contributed by atoms with Crippen LogP contribution < -0.4 is 5.32 Å². The fourth-order valence-electron chi connectivity index (χ4n) is 2.16. The first kappa shape index (κ1) is 16.1. The molecule has 0 aromatic heterocycles. The van der Waals surface area contributed by atoms with Gasteiger partial charge in [0.1, 0.15) is 0 Å². The molecule has 0 fully saturated rings. The zero-order valence-corrected chi connectivity index (χ0v) is 12.0. The number of benzene rings is 2. The van der Waals surface area contributed by atoms with Crippen molar-refractivity contribution in [1.29, 1.82) is 0 Å². The van der Waals surface area contributed by atoms with Gasteiger partial charge < -0.3 is 5.32 Å². The molecule has 0 aliphatic heterocycles. The molecule has 2 rings (SSSR count). The Balaban J connectivity index is 2.01. The molecule has 0 bridgehead atoms. The van der Waals surface area contributed by atoms with E-state index in [0.29, 0.717) is 5.56 Å². The lowest BCUT2D eigenvalue weighted by Crippen LogP contribution is -2.28. The van der Waals surface area contributed by atoms with Gasteiger partial charge in [0.2, 0.25) is 5.91 Å². The molecule has 1 N–H and O–H groups in total. The van der Waals surface area contributed by atoms with Gasteiger partial charge >= 0.3 is 6.18 Å². The Kier molecular flexibility index (Phi) is 4.85. The molecule has 22 heavy (non-hydrogen) atoms. The Morgan fingerprint density at radius 2 is 1.77 bits per heavy atom. The largest absolute Gasteiger partial charge is 0.416 e. The van der Waals surface area contributed by atoms with Crippen LogP contribution >= 0.6 is 0 Å². The van der Waals surface area contributed by atoms with E-state index in [4.69, 9.17) is 0 Å². The maximum Gasteiger partial charge on any atom is 0.416 e. The molecule has 0 spiro atoms. The average molecular weight is 307 g/mol. The molecule has 0 radical (unpaired) electrons. The maximum atomic E-state index is 12.6. The van der Waals surface area contributed by atoms with Gasteiger partial charge in [-0.25, -0.2) is 0 Å². The van der Waals surface area contributed by atoms with Crippen molar-refractivity contribution in [2.75, 3.05) is 0 Å². The summed E-state index contributed by atoms with van der Waals surface area (Å²) in [6.45, 7) is 1.83. The molecular formula is C17H16F3NO. The number of alkyl halides is 3. The minimum atomic E-state index is -4.40. The second-order valence-corrected chi connectivity index (χ2v) is 5.07. The minimum absolute atomic E-state index is 0.0822. The van der Waals surface area contributed by atoms with Crippen LogP contribution in [0.15, 0.2) is 54.6 Å². The van der Waals surface area contributed by atoms with Crippen molar-refractivity contribution < 1.29 is 18.0 Å². The van der Waals surface area contributed by atoms with Crippen LogP contribution in [0.2, 0.25) is 0 Å². The molecule has 0 unspecified atom stereocenters. The predicted octanol–water partition coefficient (Wildman–Crippen LogP) is 4.13. The molecule has 5 heteroatoms. The third-order valence-electron chi connectivity index (χ3n) is 3.30. The first-order valence-corrected chi connectivity index (χ1v) is 6.86. The highest BCUT2D eigenvalue weighted by atomic mass is 19.4. The second kappa shape index (κ2) is 6.64. The number of halogens is 3. The Hall–Kier alpha value is -2.30. The molecule has 0 saturated heterocycles. The number of hydrogen-bond acceptors (Lipinski definition) is 1. The second-order valence-electron chi connectivity index (χ2n) is 5.07. The quantitative estimate of drug-likeness (QED) is 0.904. The third kappa shape index (κ3) is 4.35. The normalized spacial score (nSPS) is 12.7. The van der Waals surface area contributed by atoms with E-state index in [0.717, 1.165) is 17.7 Å². The fourth-order valence-corrected chi connectivity index (χ4v) is 2.16. The minimum Gasteiger partial charge on any atom is -0.349 e. The summed E-state index contributed by atoms with van der Waals surface area (Å²) in [6.07, 6.45) is -4.48. The number of carbonyl (C=O) groups is 1. The van der Waals surface area contributed by atoms with E-state index in [9.17, 15) is 18.0 Å². The molecule has 2 aromatic carbocycles. The Labute approximate surface area is 127 Å². The van der Waals surface area contributed by atoms with E-state index in [-0.39, 0.29) is 18.4 Å². The lowest BCUT2D eigenvalue weighted by Gasteiger charge is -2.14. The molecule has 2 aromatic rings. The van der Waals surface area contributed by atoms with Gasteiger partial charge in [-0.1, -0.05) is 48.5 Å². The molecule has 0 aliphatic rings. The van der Waals surface area contributed by atoms with E-state index < -0.39 is 11.7 Å². The van der Waals surface area contributed by atoms with Crippen LogP contribution in [0.5, 0.6) is 0 Å². The van der Waals surface area contributed by atoms with Gasteiger partial charge in [0, 0.05) is 0 Å². The highest BCUT2D eigenvalue weighted by Crippen LogP contribution is 2.29. The van der Waals surface area contributed by atoms with Crippen molar-refractivity contribution in [3.63, 3.8) is 0 Å². The van der Waals surface area contributed by atoms with Crippen molar-refractivity contribution >= 4 is 5.91 Å². The van der Waals surface area contributed by atoms with Crippen LogP contribution in [0.3, 0.4) is 0 Å². The monoisotopic (exact) mass is 307 g/mol. The number of rotatable bonds is 4. The van der Waals surface area contributed by atoms with Gasteiger partial charge in [0.15, 0.2) is 0 Å². The highest BCUT2D eigenvalue weighted by molar-refractivity contribution is 5.79. The van der Waals surface area contributed by atoms with E-state index in [1.165, 1.54) is 12.1 Å². The first-order chi connectivity index (χ1) is 10.4. The van der Waals surface area contributed by atoms with Gasteiger partial charge in [0.25, 0.3) is 0 Å². The highest BCUT2D eigenvalue weighted by Gasteiger charge is 2.30. The summed E-state index contributed by atoms with van der Waals surface area (Å²) in [7, 11) is 0. The summed E-state index contributed by atoms with van der Waals surface area (Å²) in [5.74, 6) is -0.310. The zero-order valence-electron chi connectivity index (χ0n) is 12.0. The van der Waals surface area contributed by atoms with E-state index in [1.54, 1.807) is 0 Å². The smallest absolute Gasteiger partial charge is 0.349 e. The standard InChI is InChI=1S/C17H16F3NO/c1-12(14-7-3-2-4-8-14)21-16(22)11-13-6-5-9-15(10-13)17(18,19)20/h2-10,12H,11H2,1H3,(H,21,22)/t12-/m0/s1. The molecule has 1 atom stereocenters. The summed E-state index contributed by atoms with van der Waals surface area (Å²) < 4.78 is 37.9. The van der Waals surface area contributed by atoms with Crippen molar-refractivity contribution in [3.05, 3.63) is 71.3 Å². The van der Waals surface area contributed by atoms with Gasteiger partial charge in [-0.05, 0) is 24.1 Å². The Bertz CT molecular complexity index is 638. The summed E-state index contributed by atoms with van der Waals surface area (Å²) in [6, 6.07) is 14.0. The number of hydrogen-bond donors (Lipinski definition) is 1. The number of carbonyl (C=O) groups excluding carboxylic acids is 1. The Morgan fingerprint density at radius 3 is 2.41 bits per heavy atom. The van der Waals surface area contributed by atoms with Gasteiger partial charge in [-0.2, -0.15) is 13.2 Å². The van der Waals surface area contributed by atoms with Crippen molar-refractivity contribution in [2.45, 2.75) is 25.6 Å². The van der Waals surface area contributed by atoms with Gasteiger partial charge in [0.05, 0.1) is 18.0 Å². The van der Waals surface area contributed by atoms with Crippen LogP contribution in [0, 0.1) is 0 Å². The molecular weight excluding hydrogens is 291 g/mol. The molecule has 0 heterocycles. The third-order valence-corrected chi connectivity index (χ3v) is 3.30. The lowest BCUT2D eigenvalue weighted by molar-refractivity contribution is -0.137. The molecule has 0 aliphatic carbocycles. The Morgan fingerprint density at radius 1 is 1.09 bits per heavy atom. The van der Waals surface area contributed by atoms with E-state index in [1.807, 2.05) is 37.3 Å². The van der Waals surface area contributed by atoms with Crippen LogP contribution in [-0.4, -0.2) is 5.91 Å². The summed E-state index contributed by atoms with van der Waals surface area (Å²) in [5, 5.41) is 2.78. The maximum absolute atomic E-state index is 12.6. The van der Waals surface area contributed by atoms with E-state index >= 15 is 0 Å². The zero-order chi connectivity index (χ0) is 16.2. The molecule has 0 saturated carbocycles. The topological polar surface area (TPSA) is 29.1 Å². The average Bonchev–Trinajstić information content (AvgIpc) is 2.47. The van der Waals surface area contributed by atoms with Gasteiger partial charge in [-0.3, -0.25) is 4.79 Å². The summed E-state index contributed by atoms with van der Waals surface area (Å²) in [4.78, 5) is 12.0. The van der Waals surface area contributed by atoms with Crippen LogP contribution in [0.25, 0.3) is 0 Å². The van der Waals surface area contributed by atoms with Crippen LogP contribution in [-0.2, 0) is 17.4 Å². The lowest BCUT2D eigenvalue weighted by atomic mass is 10.1. The molecule has 116 valence electrons. The summed E-state index contributed by atoms with van der Waals surface area (Å²) in [5.41, 5.74) is 0.543. The number of nitrogens with one attached hydrogen (secondary N) is 1. The first-order valence-electron chi connectivity index (χ1n) is 6.86. The summed E-state index contributed by atoms with van der Waals surface area (Å²) >= 11 is 0. The van der Waals surface area contributed by atoms with E-state index in [2.05, 4.69) is 5.32 Å². The van der Waals surface area contributed by atoms with Crippen molar-refractivity contribution in [3.8, 4) is 0 Å². The fraction of sp³-hybridized carbons (Fsp3) is 0.235. The van der Waals surface area contributed by atoms with Crippen molar-refractivity contribution in [2.24, 2.45) is 0 Å². The predicted molar refractivity (Wildman–Crippen MR) is 78.1 cm³/mol. The van der Waals surface area contributed by atoms with Gasteiger partial charge in [-0.15, -0.1) is 0 Å².